The Morgan fingerprint density at radius 3 is 1.07 bits per heavy atom. The van der Waals surface area contributed by atoms with Gasteiger partial charge in [-0.05, 0) is 32.7 Å². The summed E-state index contributed by atoms with van der Waals surface area (Å²) in [6, 6.07) is 9.44. The van der Waals surface area contributed by atoms with Crippen molar-refractivity contribution in [1.29, 1.82) is 0 Å². The van der Waals surface area contributed by atoms with E-state index in [-0.39, 0.29) is 49.2 Å². The third-order valence-electron chi connectivity index (χ3n) is 5.42. The van der Waals surface area contributed by atoms with Crippen molar-refractivity contribution < 1.29 is 0 Å². The molecule has 0 N–H and O–H groups in total. The van der Waals surface area contributed by atoms with Gasteiger partial charge in [-0.15, -0.1) is 21.9 Å². The minimum atomic E-state index is 0.148. The highest BCUT2D eigenvalue weighted by atomic mass is 14.2. The second kappa shape index (κ2) is 7.04. The van der Waals surface area contributed by atoms with Crippen LogP contribution < -0.4 is 49.2 Å². The topological polar surface area (TPSA) is 0 Å². The lowest BCUT2D eigenvalue weighted by molar-refractivity contribution is 1.70. The maximum atomic E-state index is 6.52. The van der Waals surface area contributed by atoms with Crippen molar-refractivity contribution in [2.75, 3.05) is 0 Å². The molecule has 0 unspecified atom stereocenters. The number of hydrogen-bond donors (Lipinski definition) is 0. The monoisotopic (exact) mass is 344 g/mol. The molecular formula is C20H5B9. The van der Waals surface area contributed by atoms with Gasteiger partial charge in [0.15, 0.2) is 0 Å². The number of benzene rings is 4. The molecule has 0 aliphatic carbocycles. The van der Waals surface area contributed by atoms with E-state index in [2.05, 4.69) is 0 Å². The first-order chi connectivity index (χ1) is 13.7. The maximum Gasteiger partial charge on any atom is 0.115 e. The zero-order valence-corrected chi connectivity index (χ0v) is 15.6. The molecule has 0 nitrogen and oxygen atoms in total. The van der Waals surface area contributed by atoms with Gasteiger partial charge in [0.25, 0.3) is 0 Å². The van der Waals surface area contributed by atoms with Gasteiger partial charge >= 0.3 is 0 Å². The fraction of sp³-hybridized carbons (Fsp3) is 0. The van der Waals surface area contributed by atoms with Gasteiger partial charge in [-0.3, -0.25) is 0 Å². The van der Waals surface area contributed by atoms with Crippen LogP contribution in [0.3, 0.4) is 0 Å². The molecule has 0 amide bonds. The molecule has 4 aromatic carbocycles. The minimum Gasteiger partial charge on any atom is -0.110 e. The third kappa shape index (κ3) is 2.73. The lowest BCUT2D eigenvalue weighted by atomic mass is 9.58. The molecule has 0 aliphatic heterocycles. The molecule has 0 saturated heterocycles. The second-order valence-corrected chi connectivity index (χ2v) is 6.96. The summed E-state index contributed by atoms with van der Waals surface area (Å²) in [5, 5.41) is 1.94. The van der Waals surface area contributed by atoms with Crippen LogP contribution >= 0.6 is 0 Å². The Morgan fingerprint density at radius 1 is 0.345 bits per heavy atom. The summed E-state index contributed by atoms with van der Waals surface area (Å²) in [5.41, 5.74) is 3.23. The van der Waals surface area contributed by atoms with Gasteiger partial charge in [0.2, 0.25) is 0 Å². The van der Waals surface area contributed by atoms with Gasteiger partial charge in [0.1, 0.15) is 70.6 Å². The maximum absolute atomic E-state index is 6.52. The highest BCUT2D eigenvalue weighted by Gasteiger charge is 2.21. The van der Waals surface area contributed by atoms with E-state index in [1.807, 2.05) is 30.3 Å². The van der Waals surface area contributed by atoms with E-state index >= 15 is 0 Å². The van der Waals surface area contributed by atoms with E-state index in [0.717, 1.165) is 5.56 Å². The van der Waals surface area contributed by atoms with Crippen LogP contribution in [0, 0.1) is 0 Å². The SMILES string of the molecule is [B]c1c([B])c([B])c2c(-c3ccccc3)c3c([B])c([B])c([B])c([B])c3c([B])c2c1[B]. The first-order valence-corrected chi connectivity index (χ1v) is 8.76. The first kappa shape index (κ1) is 20.3. The van der Waals surface area contributed by atoms with Crippen molar-refractivity contribution in [3.63, 3.8) is 0 Å². The molecule has 0 aromatic heterocycles. The van der Waals surface area contributed by atoms with Crippen molar-refractivity contribution in [1.82, 2.24) is 0 Å². The van der Waals surface area contributed by atoms with Crippen molar-refractivity contribution in [3.8, 4) is 11.1 Å². The predicted octanol–water partition coefficient (Wildman–Crippen LogP) is -5.20. The van der Waals surface area contributed by atoms with Gasteiger partial charge < -0.3 is 0 Å². The molecule has 0 atom stereocenters. The molecule has 9 heteroatoms. The Bertz CT molecular complexity index is 1250. The van der Waals surface area contributed by atoms with Crippen LogP contribution in [0.4, 0.5) is 0 Å². The Morgan fingerprint density at radius 2 is 0.690 bits per heavy atom. The normalized spacial score (nSPS) is 11.3. The standard InChI is InChI=1S/C20H5B9/c21-12-10-8(13(22)17(26)19(28)15(10)24)7(6-4-2-1-3-5-6)9-11(12)16(25)20(29)18(27)14(9)23/h1-5H. The van der Waals surface area contributed by atoms with E-state index in [1.54, 1.807) is 0 Å². The smallest absolute Gasteiger partial charge is 0.110 e. The lowest BCUT2D eigenvalue weighted by Crippen LogP contribution is -2.51. The van der Waals surface area contributed by atoms with Gasteiger partial charge in [0.05, 0.1) is 0 Å². The van der Waals surface area contributed by atoms with E-state index < -0.39 is 0 Å². The van der Waals surface area contributed by atoms with Gasteiger partial charge in [0, 0.05) is 0 Å². The zero-order valence-electron chi connectivity index (χ0n) is 15.6. The molecule has 0 saturated carbocycles. The zero-order chi connectivity index (χ0) is 21.2. The fourth-order valence-electron chi connectivity index (χ4n) is 3.88. The molecule has 0 aliphatic rings. The van der Waals surface area contributed by atoms with E-state index in [0.29, 0.717) is 27.1 Å². The molecule has 4 aromatic rings. The molecule has 0 spiro atoms. The van der Waals surface area contributed by atoms with Crippen molar-refractivity contribution >= 4 is 141 Å². The lowest BCUT2D eigenvalue weighted by Gasteiger charge is -2.27. The molecule has 18 radical (unpaired) electrons. The van der Waals surface area contributed by atoms with Crippen molar-refractivity contribution in [2.45, 2.75) is 0 Å². The Labute approximate surface area is 182 Å². The summed E-state index contributed by atoms with van der Waals surface area (Å²) < 4.78 is 0. The largest absolute Gasteiger partial charge is 0.115 e. The Kier molecular flexibility index (Phi) is 4.92. The van der Waals surface area contributed by atoms with Crippen LogP contribution in [0.5, 0.6) is 0 Å². The average Bonchev–Trinajstić information content (AvgIpc) is 2.72. The van der Waals surface area contributed by atoms with E-state index in [1.165, 1.54) is 0 Å². The van der Waals surface area contributed by atoms with Crippen LogP contribution in [-0.2, 0) is 0 Å². The molecular weight excluding hydrogens is 338 g/mol. The first-order valence-electron chi connectivity index (χ1n) is 8.76. The summed E-state index contributed by atoms with van der Waals surface area (Å²) in [6.45, 7) is 0. The van der Waals surface area contributed by atoms with E-state index in [4.69, 9.17) is 70.6 Å². The van der Waals surface area contributed by atoms with Crippen molar-refractivity contribution in [2.24, 2.45) is 0 Å². The fourth-order valence-corrected chi connectivity index (χ4v) is 3.88. The Hall–Kier alpha value is -2.02. The summed E-state index contributed by atoms with van der Waals surface area (Å²) >= 11 is 0. The molecule has 29 heavy (non-hydrogen) atoms. The quantitative estimate of drug-likeness (QED) is 0.240. The Balaban J connectivity index is 2.49. The summed E-state index contributed by atoms with van der Waals surface area (Å²) in [5.74, 6) is 0. The molecule has 112 valence electrons. The van der Waals surface area contributed by atoms with Crippen LogP contribution in [0.2, 0.25) is 0 Å². The third-order valence-corrected chi connectivity index (χ3v) is 5.42. The summed E-state index contributed by atoms with van der Waals surface area (Å²) in [4.78, 5) is 0. The van der Waals surface area contributed by atoms with E-state index in [9.17, 15) is 0 Å². The highest BCUT2D eigenvalue weighted by Crippen LogP contribution is 2.31. The van der Waals surface area contributed by atoms with Gasteiger partial charge in [-0.2, -0.15) is 0 Å². The van der Waals surface area contributed by atoms with Crippen molar-refractivity contribution in [3.05, 3.63) is 30.3 Å². The molecule has 0 heterocycles. The highest BCUT2D eigenvalue weighted by molar-refractivity contribution is 6.73. The van der Waals surface area contributed by atoms with Crippen LogP contribution in [-0.4, -0.2) is 70.6 Å². The number of hydrogen-bond acceptors (Lipinski definition) is 0. The molecule has 4 rings (SSSR count). The number of rotatable bonds is 1. The van der Waals surface area contributed by atoms with Crippen LogP contribution in [0.1, 0.15) is 0 Å². The number of fused-ring (bicyclic) bond motifs is 2. The minimum absolute atomic E-state index is 0.148. The summed E-state index contributed by atoms with van der Waals surface area (Å²) in [6.07, 6.45) is 0. The van der Waals surface area contributed by atoms with Gasteiger partial charge in [-0.1, -0.05) is 57.6 Å². The average molecular weight is 343 g/mol. The van der Waals surface area contributed by atoms with Gasteiger partial charge in [-0.25, -0.2) is 0 Å². The van der Waals surface area contributed by atoms with Crippen LogP contribution in [0.15, 0.2) is 30.3 Å². The van der Waals surface area contributed by atoms with Crippen LogP contribution in [0.25, 0.3) is 32.7 Å². The molecule has 0 fully saturated rings. The second-order valence-electron chi connectivity index (χ2n) is 6.96. The summed E-state index contributed by atoms with van der Waals surface area (Å²) in [7, 11) is 56.4. The predicted molar refractivity (Wildman–Crippen MR) is 135 cm³/mol. The molecule has 0 bridgehead atoms.